The summed E-state index contributed by atoms with van der Waals surface area (Å²) in [4.78, 5) is 13.4. The first kappa shape index (κ1) is 25.7. The Morgan fingerprint density at radius 2 is 1.58 bits per heavy atom. The van der Waals surface area contributed by atoms with Crippen LogP contribution in [-0.4, -0.2) is 11.9 Å². The number of benzene rings is 4. The molecule has 2 N–H and O–H groups in total. The number of hydrogen-bond donors (Lipinski definition) is 2. The Kier molecular flexibility index (Phi) is 7.09. The van der Waals surface area contributed by atoms with Crippen molar-refractivity contribution in [1.82, 2.24) is 5.32 Å². The average Bonchev–Trinajstić information content (AvgIpc) is 3.30. The number of amides is 1. The van der Waals surface area contributed by atoms with Crippen molar-refractivity contribution in [3.8, 4) is 11.1 Å². The van der Waals surface area contributed by atoms with Gasteiger partial charge in [-0.1, -0.05) is 60.7 Å². The third kappa shape index (κ3) is 5.50. The van der Waals surface area contributed by atoms with Crippen LogP contribution in [0.5, 0.6) is 0 Å². The van der Waals surface area contributed by atoms with Crippen molar-refractivity contribution < 1.29 is 18.0 Å². The van der Waals surface area contributed by atoms with E-state index >= 15 is 0 Å². The summed E-state index contributed by atoms with van der Waals surface area (Å²) in [7, 11) is 0. The molecule has 38 heavy (non-hydrogen) atoms. The second-order valence-corrected chi connectivity index (χ2v) is 9.91. The highest BCUT2D eigenvalue weighted by molar-refractivity contribution is 6.09. The number of nitrogens with one attached hydrogen (secondary N) is 2. The SMILES string of the molecule is Cc1cccc(C(=O)Nc2ccc3c(c2)C[C@@H](NC(C)c2ccccc2)C3)c1-c1ccc(C(F)(F)F)cc1. The quantitative estimate of drug-likeness (QED) is 0.276. The van der Waals surface area contributed by atoms with Crippen molar-refractivity contribution >= 4 is 11.6 Å². The third-order valence-electron chi connectivity index (χ3n) is 7.20. The van der Waals surface area contributed by atoms with E-state index in [2.05, 4.69) is 35.8 Å². The number of aryl methyl sites for hydroxylation is 1. The van der Waals surface area contributed by atoms with Gasteiger partial charge in [-0.05, 0) is 90.4 Å². The molecular weight excluding hydrogens is 485 g/mol. The first-order valence-corrected chi connectivity index (χ1v) is 12.7. The maximum absolute atomic E-state index is 13.4. The monoisotopic (exact) mass is 514 g/mol. The van der Waals surface area contributed by atoms with Gasteiger partial charge in [0.15, 0.2) is 0 Å². The zero-order valence-corrected chi connectivity index (χ0v) is 21.3. The number of carbonyl (C=O) groups is 1. The van der Waals surface area contributed by atoms with Crippen molar-refractivity contribution in [3.63, 3.8) is 0 Å². The molecule has 0 heterocycles. The Labute approximate surface area is 220 Å². The Balaban J connectivity index is 1.31. The van der Waals surface area contributed by atoms with Gasteiger partial charge >= 0.3 is 6.18 Å². The molecule has 0 fully saturated rings. The molecule has 4 aromatic rings. The van der Waals surface area contributed by atoms with Gasteiger partial charge in [-0.3, -0.25) is 4.79 Å². The fourth-order valence-electron chi connectivity index (χ4n) is 5.27. The molecule has 1 aliphatic rings. The minimum absolute atomic E-state index is 0.236. The smallest absolute Gasteiger partial charge is 0.322 e. The van der Waals surface area contributed by atoms with Crippen LogP contribution in [0.2, 0.25) is 0 Å². The summed E-state index contributed by atoms with van der Waals surface area (Å²) in [5.74, 6) is -0.297. The summed E-state index contributed by atoms with van der Waals surface area (Å²) in [5.41, 5.74) is 6.12. The molecular formula is C32H29F3N2O. The van der Waals surface area contributed by atoms with Gasteiger partial charge in [0.05, 0.1) is 5.56 Å². The highest BCUT2D eigenvalue weighted by Crippen LogP contribution is 2.34. The van der Waals surface area contributed by atoms with E-state index in [4.69, 9.17) is 0 Å². The minimum atomic E-state index is -4.41. The Bertz CT molecular complexity index is 1450. The lowest BCUT2D eigenvalue weighted by Crippen LogP contribution is -2.31. The maximum atomic E-state index is 13.4. The molecule has 0 aliphatic heterocycles. The molecule has 0 spiro atoms. The van der Waals surface area contributed by atoms with Crippen molar-refractivity contribution in [3.05, 3.63) is 124 Å². The minimum Gasteiger partial charge on any atom is -0.322 e. The molecule has 1 aliphatic carbocycles. The number of carbonyl (C=O) groups excluding carboxylic acids is 1. The van der Waals surface area contributed by atoms with E-state index in [9.17, 15) is 18.0 Å². The molecule has 1 amide bonds. The largest absolute Gasteiger partial charge is 0.416 e. The van der Waals surface area contributed by atoms with Crippen molar-refractivity contribution in [2.75, 3.05) is 5.32 Å². The van der Waals surface area contributed by atoms with Gasteiger partial charge in [0.2, 0.25) is 0 Å². The van der Waals surface area contributed by atoms with E-state index in [1.165, 1.54) is 28.8 Å². The van der Waals surface area contributed by atoms with Gasteiger partial charge in [-0.2, -0.15) is 13.2 Å². The van der Waals surface area contributed by atoms with E-state index < -0.39 is 11.7 Å². The van der Waals surface area contributed by atoms with Gasteiger partial charge in [0.1, 0.15) is 0 Å². The van der Waals surface area contributed by atoms with Crippen molar-refractivity contribution in [1.29, 1.82) is 0 Å². The number of halogens is 3. The molecule has 0 aromatic heterocycles. The third-order valence-corrected chi connectivity index (χ3v) is 7.20. The lowest BCUT2D eigenvalue weighted by molar-refractivity contribution is -0.137. The molecule has 2 atom stereocenters. The predicted octanol–water partition coefficient (Wildman–Crippen LogP) is 7.75. The highest BCUT2D eigenvalue weighted by atomic mass is 19.4. The highest BCUT2D eigenvalue weighted by Gasteiger charge is 2.30. The van der Waals surface area contributed by atoms with E-state index in [1.54, 1.807) is 12.1 Å². The van der Waals surface area contributed by atoms with Crippen LogP contribution in [0.25, 0.3) is 11.1 Å². The first-order valence-electron chi connectivity index (χ1n) is 12.7. The van der Waals surface area contributed by atoms with Crippen LogP contribution in [0.4, 0.5) is 18.9 Å². The van der Waals surface area contributed by atoms with Crippen LogP contribution in [0.3, 0.4) is 0 Å². The Hall–Kier alpha value is -3.90. The van der Waals surface area contributed by atoms with Crippen molar-refractivity contribution in [2.24, 2.45) is 0 Å². The summed E-state index contributed by atoms with van der Waals surface area (Å²) >= 11 is 0. The number of rotatable bonds is 6. The second-order valence-electron chi connectivity index (χ2n) is 9.91. The zero-order chi connectivity index (χ0) is 26.9. The maximum Gasteiger partial charge on any atom is 0.416 e. The van der Waals surface area contributed by atoms with Crippen LogP contribution in [0, 0.1) is 6.92 Å². The molecule has 5 rings (SSSR count). The number of fused-ring (bicyclic) bond motifs is 1. The fourth-order valence-corrected chi connectivity index (χ4v) is 5.27. The summed E-state index contributed by atoms with van der Waals surface area (Å²) in [6.45, 7) is 4.02. The fraction of sp³-hybridized carbons (Fsp3) is 0.219. The summed E-state index contributed by atoms with van der Waals surface area (Å²) < 4.78 is 39.1. The number of alkyl halides is 3. The molecule has 6 heteroatoms. The molecule has 1 unspecified atom stereocenters. The van der Waals surface area contributed by atoms with Gasteiger partial charge < -0.3 is 10.6 Å². The molecule has 0 radical (unpaired) electrons. The van der Waals surface area contributed by atoms with Gasteiger partial charge in [-0.15, -0.1) is 0 Å². The normalized spacial score (nSPS) is 15.7. The average molecular weight is 515 g/mol. The first-order chi connectivity index (χ1) is 18.2. The van der Waals surface area contributed by atoms with Gasteiger partial charge in [0.25, 0.3) is 5.91 Å². The molecule has 3 nitrogen and oxygen atoms in total. The molecule has 0 saturated carbocycles. The predicted molar refractivity (Wildman–Crippen MR) is 145 cm³/mol. The standard InChI is InChI=1S/C32H29F3N2O/c1-20-7-6-10-29(30(20)23-11-14-26(15-12-23)32(33,34)35)31(38)37-27-16-13-24-17-28(19-25(24)18-27)36-21(2)22-8-4-3-5-9-22/h3-16,18,21,28,36H,17,19H2,1-2H3,(H,37,38)/t21?,28-/m0/s1. The van der Waals surface area contributed by atoms with E-state index in [0.717, 1.165) is 30.5 Å². The van der Waals surface area contributed by atoms with E-state index in [1.807, 2.05) is 43.3 Å². The van der Waals surface area contributed by atoms with Crippen LogP contribution in [0.15, 0.2) is 91.0 Å². The molecule has 194 valence electrons. The van der Waals surface area contributed by atoms with Crippen LogP contribution >= 0.6 is 0 Å². The summed E-state index contributed by atoms with van der Waals surface area (Å²) in [5, 5.41) is 6.72. The molecule has 0 saturated heterocycles. The van der Waals surface area contributed by atoms with E-state index in [-0.39, 0.29) is 11.9 Å². The van der Waals surface area contributed by atoms with E-state index in [0.29, 0.717) is 28.4 Å². The summed E-state index contributed by atoms with van der Waals surface area (Å²) in [6, 6.07) is 27.2. The Morgan fingerprint density at radius 1 is 0.868 bits per heavy atom. The summed E-state index contributed by atoms with van der Waals surface area (Å²) in [6.07, 6.45) is -2.61. The van der Waals surface area contributed by atoms with Crippen LogP contribution in [-0.2, 0) is 19.0 Å². The molecule has 4 aromatic carbocycles. The van der Waals surface area contributed by atoms with Crippen molar-refractivity contribution in [2.45, 2.75) is 44.9 Å². The lowest BCUT2D eigenvalue weighted by Gasteiger charge is -2.19. The Morgan fingerprint density at radius 3 is 2.29 bits per heavy atom. The lowest BCUT2D eigenvalue weighted by atomic mass is 9.93. The number of hydrogen-bond acceptors (Lipinski definition) is 2. The number of anilines is 1. The zero-order valence-electron chi connectivity index (χ0n) is 21.3. The van der Waals surface area contributed by atoms with Gasteiger partial charge in [-0.25, -0.2) is 0 Å². The van der Waals surface area contributed by atoms with Crippen LogP contribution in [0.1, 0.15) is 51.1 Å². The second kappa shape index (κ2) is 10.5. The molecule has 0 bridgehead atoms. The van der Waals surface area contributed by atoms with Crippen LogP contribution < -0.4 is 10.6 Å². The van der Waals surface area contributed by atoms with Gasteiger partial charge in [0, 0.05) is 23.3 Å². The topological polar surface area (TPSA) is 41.1 Å².